The molecule has 0 bridgehead atoms. The van der Waals surface area contributed by atoms with Gasteiger partial charge >= 0.3 is 0 Å². The Bertz CT molecular complexity index is 1220. The standard InChI is InChI=1S/C23H23N7/c1-2-18-23-28-26-14-29(23)19-13-25-21(27-22(19)30(18)16-9-3-4-10-16)17-11-5-7-15-8-6-12-24-20(15)17/h5-8,11-14,16,18H,2-4,9-10H2,1H3/t18-/m1/s1. The molecule has 7 nitrogen and oxygen atoms in total. The Morgan fingerprint density at radius 1 is 1.07 bits per heavy atom. The molecule has 30 heavy (non-hydrogen) atoms. The van der Waals surface area contributed by atoms with Gasteiger partial charge in [0.15, 0.2) is 17.5 Å². The molecule has 6 rings (SSSR count). The van der Waals surface area contributed by atoms with E-state index < -0.39 is 0 Å². The third-order valence-corrected chi connectivity index (χ3v) is 6.44. The molecular weight excluding hydrogens is 374 g/mol. The first-order valence-electron chi connectivity index (χ1n) is 10.7. The van der Waals surface area contributed by atoms with Gasteiger partial charge in [0.1, 0.15) is 12.0 Å². The lowest BCUT2D eigenvalue weighted by molar-refractivity contribution is 0.469. The molecule has 0 saturated heterocycles. The van der Waals surface area contributed by atoms with E-state index in [4.69, 9.17) is 9.97 Å². The van der Waals surface area contributed by atoms with E-state index >= 15 is 0 Å². The van der Waals surface area contributed by atoms with Gasteiger partial charge < -0.3 is 4.90 Å². The van der Waals surface area contributed by atoms with E-state index in [1.165, 1.54) is 25.7 Å². The van der Waals surface area contributed by atoms with Crippen LogP contribution in [-0.4, -0.2) is 35.8 Å². The smallest absolute Gasteiger partial charge is 0.163 e. The number of pyridine rings is 1. The van der Waals surface area contributed by atoms with Crippen LogP contribution in [0.2, 0.25) is 0 Å². The van der Waals surface area contributed by atoms with Crippen molar-refractivity contribution >= 4 is 16.7 Å². The lowest BCUT2D eigenvalue weighted by Gasteiger charge is -2.40. The Morgan fingerprint density at radius 3 is 2.80 bits per heavy atom. The molecular formula is C23H23N7. The lowest BCUT2D eigenvalue weighted by atomic mass is 10.0. The summed E-state index contributed by atoms with van der Waals surface area (Å²) >= 11 is 0. The van der Waals surface area contributed by atoms with Crippen LogP contribution in [0, 0.1) is 0 Å². The number of fused-ring (bicyclic) bond motifs is 4. The fraction of sp³-hybridized carbons (Fsp3) is 0.348. The van der Waals surface area contributed by atoms with E-state index in [9.17, 15) is 0 Å². The Balaban J connectivity index is 1.57. The van der Waals surface area contributed by atoms with Crippen LogP contribution in [0.3, 0.4) is 0 Å². The van der Waals surface area contributed by atoms with Crippen molar-refractivity contribution in [2.24, 2.45) is 0 Å². The van der Waals surface area contributed by atoms with E-state index in [1.54, 1.807) is 6.33 Å². The summed E-state index contributed by atoms with van der Waals surface area (Å²) in [7, 11) is 0. The summed E-state index contributed by atoms with van der Waals surface area (Å²) in [4.78, 5) is 17.0. The summed E-state index contributed by atoms with van der Waals surface area (Å²) < 4.78 is 2.06. The topological polar surface area (TPSA) is 72.6 Å². The highest BCUT2D eigenvalue weighted by molar-refractivity contribution is 5.92. The second kappa shape index (κ2) is 6.86. The minimum absolute atomic E-state index is 0.177. The minimum atomic E-state index is 0.177. The first-order chi connectivity index (χ1) is 14.8. The number of para-hydroxylation sites is 1. The van der Waals surface area contributed by atoms with Crippen LogP contribution in [0.5, 0.6) is 0 Å². The Labute approximate surface area is 174 Å². The second-order valence-electron chi connectivity index (χ2n) is 8.11. The first-order valence-corrected chi connectivity index (χ1v) is 10.7. The molecule has 1 saturated carbocycles. The lowest BCUT2D eigenvalue weighted by Crippen LogP contribution is -2.42. The van der Waals surface area contributed by atoms with Crippen LogP contribution >= 0.6 is 0 Å². The van der Waals surface area contributed by atoms with E-state index in [-0.39, 0.29) is 6.04 Å². The normalized spacial score (nSPS) is 18.6. The van der Waals surface area contributed by atoms with Gasteiger partial charge in [-0.1, -0.05) is 38.0 Å². The van der Waals surface area contributed by atoms with Crippen LogP contribution in [-0.2, 0) is 0 Å². The molecule has 0 unspecified atom stereocenters. The largest absolute Gasteiger partial charge is 0.342 e. The van der Waals surface area contributed by atoms with Crippen LogP contribution < -0.4 is 4.90 Å². The molecule has 2 aliphatic rings. The fourth-order valence-corrected chi connectivity index (χ4v) is 5.06. The maximum atomic E-state index is 5.13. The molecule has 0 radical (unpaired) electrons. The van der Waals surface area contributed by atoms with Crippen LogP contribution in [0.25, 0.3) is 28.0 Å². The first kappa shape index (κ1) is 17.5. The van der Waals surface area contributed by atoms with Crippen molar-refractivity contribution in [2.45, 2.75) is 51.1 Å². The number of rotatable bonds is 3. The summed E-state index contributed by atoms with van der Waals surface area (Å²) in [6, 6.07) is 10.9. The van der Waals surface area contributed by atoms with Gasteiger partial charge in [0.05, 0.1) is 17.8 Å². The van der Waals surface area contributed by atoms with E-state index in [2.05, 4.69) is 49.8 Å². The number of anilines is 1. The summed E-state index contributed by atoms with van der Waals surface area (Å²) in [5, 5.41) is 9.75. The molecule has 0 spiro atoms. The zero-order valence-electron chi connectivity index (χ0n) is 16.9. The van der Waals surface area contributed by atoms with E-state index in [0.29, 0.717) is 11.9 Å². The Kier molecular flexibility index (Phi) is 4.00. The van der Waals surface area contributed by atoms with Gasteiger partial charge in [0, 0.05) is 23.2 Å². The maximum Gasteiger partial charge on any atom is 0.163 e. The molecule has 150 valence electrons. The van der Waals surface area contributed by atoms with Crippen molar-refractivity contribution in [3.05, 3.63) is 54.9 Å². The summed E-state index contributed by atoms with van der Waals surface area (Å²) in [6.45, 7) is 2.22. The van der Waals surface area contributed by atoms with E-state index in [0.717, 1.165) is 40.2 Å². The Hall–Kier alpha value is -3.35. The van der Waals surface area contributed by atoms with Crippen LogP contribution in [0.15, 0.2) is 49.1 Å². The van der Waals surface area contributed by atoms with Gasteiger partial charge in [-0.2, -0.15) is 0 Å². The molecule has 1 fully saturated rings. The van der Waals surface area contributed by atoms with Crippen LogP contribution in [0.4, 0.5) is 5.82 Å². The molecule has 1 aliphatic heterocycles. The molecule has 1 aliphatic carbocycles. The molecule has 0 amide bonds. The molecule has 1 atom stereocenters. The molecule has 4 heterocycles. The van der Waals surface area contributed by atoms with Crippen molar-refractivity contribution in [3.63, 3.8) is 0 Å². The quantitative estimate of drug-likeness (QED) is 0.507. The monoisotopic (exact) mass is 397 g/mol. The predicted octanol–water partition coefficient (Wildman–Crippen LogP) is 4.49. The number of benzene rings is 1. The Morgan fingerprint density at radius 2 is 1.93 bits per heavy atom. The zero-order chi connectivity index (χ0) is 20.1. The molecule has 7 heteroatoms. The summed E-state index contributed by atoms with van der Waals surface area (Å²) in [5.41, 5.74) is 2.86. The molecule has 3 aromatic heterocycles. The molecule has 1 aromatic carbocycles. The van der Waals surface area contributed by atoms with Crippen molar-refractivity contribution in [3.8, 4) is 17.1 Å². The second-order valence-corrected chi connectivity index (χ2v) is 8.11. The highest BCUT2D eigenvalue weighted by Gasteiger charge is 2.38. The maximum absolute atomic E-state index is 5.13. The predicted molar refractivity (Wildman–Crippen MR) is 115 cm³/mol. The van der Waals surface area contributed by atoms with Gasteiger partial charge in [-0.15, -0.1) is 10.2 Å². The van der Waals surface area contributed by atoms with E-state index in [1.807, 2.05) is 24.5 Å². The molecule has 0 N–H and O–H groups in total. The number of hydrogen-bond donors (Lipinski definition) is 0. The number of hydrogen-bond acceptors (Lipinski definition) is 6. The number of aromatic nitrogens is 6. The van der Waals surface area contributed by atoms with Crippen molar-refractivity contribution in [2.75, 3.05) is 4.90 Å². The highest BCUT2D eigenvalue weighted by atomic mass is 15.4. The van der Waals surface area contributed by atoms with Crippen molar-refractivity contribution in [1.29, 1.82) is 0 Å². The minimum Gasteiger partial charge on any atom is -0.342 e. The summed E-state index contributed by atoms with van der Waals surface area (Å²) in [6.07, 6.45) is 11.4. The fourth-order valence-electron chi connectivity index (χ4n) is 5.06. The van der Waals surface area contributed by atoms with Crippen molar-refractivity contribution < 1.29 is 0 Å². The van der Waals surface area contributed by atoms with Gasteiger partial charge in [-0.05, 0) is 31.4 Å². The van der Waals surface area contributed by atoms with Gasteiger partial charge in [0.2, 0.25) is 0 Å². The zero-order valence-corrected chi connectivity index (χ0v) is 16.9. The van der Waals surface area contributed by atoms with Gasteiger partial charge in [0.25, 0.3) is 0 Å². The van der Waals surface area contributed by atoms with Crippen molar-refractivity contribution in [1.82, 2.24) is 29.7 Å². The summed E-state index contributed by atoms with van der Waals surface area (Å²) in [5.74, 6) is 2.69. The van der Waals surface area contributed by atoms with Crippen LogP contribution in [0.1, 0.15) is 50.9 Å². The third-order valence-electron chi connectivity index (χ3n) is 6.44. The average Bonchev–Trinajstić information content (AvgIpc) is 3.49. The third kappa shape index (κ3) is 2.54. The molecule has 4 aromatic rings. The van der Waals surface area contributed by atoms with Gasteiger partial charge in [-0.25, -0.2) is 9.97 Å². The van der Waals surface area contributed by atoms with Gasteiger partial charge in [-0.3, -0.25) is 9.55 Å². The average molecular weight is 397 g/mol. The SMILES string of the molecule is CC[C@@H]1c2nncn2-c2cnc(-c3cccc4cccnc34)nc2N1C1CCCC1. The highest BCUT2D eigenvalue weighted by Crippen LogP contribution is 2.43. The number of nitrogens with zero attached hydrogens (tertiary/aromatic N) is 7.